The van der Waals surface area contributed by atoms with Crippen molar-refractivity contribution in [1.29, 1.82) is 0 Å². The highest BCUT2D eigenvalue weighted by atomic mass is 79.9. The van der Waals surface area contributed by atoms with Crippen LogP contribution in [0, 0.1) is 0 Å². The van der Waals surface area contributed by atoms with Gasteiger partial charge >= 0.3 is 0 Å². The topological polar surface area (TPSA) is 25.2 Å². The molecule has 1 heterocycles. The van der Waals surface area contributed by atoms with Gasteiger partial charge in [-0.1, -0.05) is 71.7 Å². The summed E-state index contributed by atoms with van der Waals surface area (Å²) in [6.07, 6.45) is 2.26. The van der Waals surface area contributed by atoms with Crippen LogP contribution >= 0.6 is 15.9 Å². The fourth-order valence-electron chi connectivity index (χ4n) is 2.83. The molecule has 0 fully saturated rings. The van der Waals surface area contributed by atoms with Crippen LogP contribution in [0.2, 0.25) is 0 Å². The van der Waals surface area contributed by atoms with Crippen molar-refractivity contribution in [1.82, 2.24) is 5.32 Å². The molecular weight excluding hydrogens is 362 g/mol. The molecule has 24 heavy (non-hydrogen) atoms. The van der Waals surface area contributed by atoms with Crippen molar-refractivity contribution >= 4 is 15.9 Å². The second-order valence-electron chi connectivity index (χ2n) is 5.91. The van der Waals surface area contributed by atoms with Crippen LogP contribution in [0.3, 0.4) is 0 Å². The molecule has 3 aromatic rings. The van der Waals surface area contributed by atoms with E-state index in [0.29, 0.717) is 6.04 Å². The number of benzene rings is 2. The molecule has 0 aliphatic rings. The summed E-state index contributed by atoms with van der Waals surface area (Å²) < 4.78 is 7.07. The lowest BCUT2D eigenvalue weighted by Crippen LogP contribution is -2.20. The summed E-state index contributed by atoms with van der Waals surface area (Å²) in [6, 6.07) is 23.2. The number of nitrogens with one attached hydrogen (secondary N) is 1. The largest absolute Gasteiger partial charge is 0.460 e. The summed E-state index contributed by atoms with van der Waals surface area (Å²) >= 11 is 3.46. The van der Waals surface area contributed by atoms with E-state index in [2.05, 4.69) is 76.7 Å². The van der Waals surface area contributed by atoms with Crippen LogP contribution in [0.1, 0.15) is 37.1 Å². The number of hydrogen-bond acceptors (Lipinski definition) is 2. The van der Waals surface area contributed by atoms with Gasteiger partial charge in [0.05, 0.1) is 6.54 Å². The normalized spacial score (nSPS) is 12.2. The van der Waals surface area contributed by atoms with Crippen molar-refractivity contribution in [3.8, 4) is 11.3 Å². The zero-order valence-corrected chi connectivity index (χ0v) is 15.4. The van der Waals surface area contributed by atoms with Gasteiger partial charge in [0.15, 0.2) is 0 Å². The monoisotopic (exact) mass is 383 g/mol. The Morgan fingerprint density at radius 2 is 1.71 bits per heavy atom. The van der Waals surface area contributed by atoms with Gasteiger partial charge < -0.3 is 9.73 Å². The van der Waals surface area contributed by atoms with Crippen molar-refractivity contribution in [2.24, 2.45) is 0 Å². The first-order valence-electron chi connectivity index (χ1n) is 8.39. The van der Waals surface area contributed by atoms with Crippen LogP contribution < -0.4 is 5.32 Å². The second kappa shape index (κ2) is 8.32. The van der Waals surface area contributed by atoms with E-state index in [1.807, 2.05) is 18.2 Å². The SMILES string of the molecule is CCCC(NCc1ccc(-c2ccc(Br)cc2)o1)c1ccccc1. The molecule has 3 heteroatoms. The molecule has 1 N–H and O–H groups in total. The van der Waals surface area contributed by atoms with E-state index in [0.717, 1.165) is 40.9 Å². The first kappa shape index (κ1) is 17.0. The molecule has 0 saturated carbocycles. The second-order valence-corrected chi connectivity index (χ2v) is 6.82. The lowest BCUT2D eigenvalue weighted by Gasteiger charge is -2.17. The fourth-order valence-corrected chi connectivity index (χ4v) is 3.09. The van der Waals surface area contributed by atoms with Gasteiger partial charge in [0.25, 0.3) is 0 Å². The van der Waals surface area contributed by atoms with Crippen molar-refractivity contribution in [3.05, 3.63) is 82.5 Å². The molecule has 1 unspecified atom stereocenters. The third kappa shape index (κ3) is 4.37. The fraction of sp³-hybridized carbons (Fsp3) is 0.238. The Hall–Kier alpha value is -1.84. The molecule has 0 bridgehead atoms. The summed E-state index contributed by atoms with van der Waals surface area (Å²) in [5, 5.41) is 3.63. The molecule has 124 valence electrons. The third-order valence-electron chi connectivity index (χ3n) is 4.09. The van der Waals surface area contributed by atoms with Gasteiger partial charge in [-0.25, -0.2) is 0 Å². The summed E-state index contributed by atoms with van der Waals surface area (Å²) in [5.74, 6) is 1.87. The van der Waals surface area contributed by atoms with Crippen LogP contribution in [-0.4, -0.2) is 0 Å². The lowest BCUT2D eigenvalue weighted by molar-refractivity contribution is 0.439. The predicted molar refractivity (Wildman–Crippen MR) is 103 cm³/mol. The Kier molecular flexibility index (Phi) is 5.89. The number of halogens is 1. The summed E-state index contributed by atoms with van der Waals surface area (Å²) in [7, 11) is 0. The summed E-state index contributed by atoms with van der Waals surface area (Å²) in [5.41, 5.74) is 2.43. The highest BCUT2D eigenvalue weighted by Crippen LogP contribution is 2.25. The van der Waals surface area contributed by atoms with Crippen molar-refractivity contribution in [3.63, 3.8) is 0 Å². The van der Waals surface area contributed by atoms with Crippen LogP contribution in [0.4, 0.5) is 0 Å². The minimum Gasteiger partial charge on any atom is -0.460 e. The standard InChI is InChI=1S/C21H22BrNO/c1-2-6-20(16-7-4-3-5-8-16)23-15-19-13-14-21(24-19)17-9-11-18(22)12-10-17/h3-5,7-14,20,23H,2,6,15H2,1H3. The molecule has 1 atom stereocenters. The van der Waals surface area contributed by atoms with Crippen molar-refractivity contribution in [2.75, 3.05) is 0 Å². The van der Waals surface area contributed by atoms with Crippen LogP contribution in [-0.2, 0) is 6.54 Å². The maximum absolute atomic E-state index is 6.00. The lowest BCUT2D eigenvalue weighted by atomic mass is 10.0. The Morgan fingerprint density at radius 1 is 0.958 bits per heavy atom. The van der Waals surface area contributed by atoms with Crippen LogP contribution in [0.25, 0.3) is 11.3 Å². The molecule has 0 saturated heterocycles. The molecule has 2 nitrogen and oxygen atoms in total. The molecule has 0 aliphatic carbocycles. The van der Waals surface area contributed by atoms with Crippen LogP contribution in [0.15, 0.2) is 75.6 Å². The van der Waals surface area contributed by atoms with E-state index < -0.39 is 0 Å². The quantitative estimate of drug-likeness (QED) is 0.514. The van der Waals surface area contributed by atoms with E-state index in [9.17, 15) is 0 Å². The van der Waals surface area contributed by atoms with Crippen molar-refractivity contribution < 1.29 is 4.42 Å². The zero-order valence-electron chi connectivity index (χ0n) is 13.8. The summed E-state index contributed by atoms with van der Waals surface area (Å²) in [6.45, 7) is 2.95. The van der Waals surface area contributed by atoms with Gasteiger partial charge in [0.1, 0.15) is 11.5 Å². The first-order valence-corrected chi connectivity index (χ1v) is 9.18. The molecule has 0 radical (unpaired) electrons. The highest BCUT2D eigenvalue weighted by molar-refractivity contribution is 9.10. The number of furan rings is 1. The van der Waals surface area contributed by atoms with Gasteiger partial charge in [-0.2, -0.15) is 0 Å². The number of rotatable bonds is 7. The van der Waals surface area contributed by atoms with Crippen molar-refractivity contribution in [2.45, 2.75) is 32.4 Å². The minimum absolute atomic E-state index is 0.359. The van der Waals surface area contributed by atoms with E-state index in [4.69, 9.17) is 4.42 Å². The van der Waals surface area contributed by atoms with Gasteiger partial charge in [-0.05, 0) is 36.2 Å². The molecule has 0 aliphatic heterocycles. The molecule has 0 amide bonds. The number of hydrogen-bond donors (Lipinski definition) is 1. The van der Waals surface area contributed by atoms with Gasteiger partial charge in [0.2, 0.25) is 0 Å². The van der Waals surface area contributed by atoms with Gasteiger partial charge in [-0.3, -0.25) is 0 Å². The van der Waals surface area contributed by atoms with E-state index in [-0.39, 0.29) is 0 Å². The molecule has 2 aromatic carbocycles. The Balaban J connectivity index is 1.66. The third-order valence-corrected chi connectivity index (χ3v) is 4.62. The van der Waals surface area contributed by atoms with E-state index in [1.54, 1.807) is 0 Å². The Bertz CT molecular complexity index is 749. The van der Waals surface area contributed by atoms with Gasteiger partial charge in [0, 0.05) is 16.1 Å². The first-order chi connectivity index (χ1) is 11.8. The Morgan fingerprint density at radius 3 is 2.42 bits per heavy atom. The molecule has 3 rings (SSSR count). The summed E-state index contributed by atoms with van der Waals surface area (Å²) in [4.78, 5) is 0. The average molecular weight is 384 g/mol. The zero-order chi connectivity index (χ0) is 16.8. The maximum atomic E-state index is 6.00. The molecular formula is C21H22BrNO. The Labute approximate surface area is 152 Å². The molecule has 0 spiro atoms. The smallest absolute Gasteiger partial charge is 0.134 e. The predicted octanol–water partition coefficient (Wildman–Crippen LogP) is 6.34. The average Bonchev–Trinajstić information content (AvgIpc) is 3.09. The molecule has 1 aromatic heterocycles. The highest BCUT2D eigenvalue weighted by Gasteiger charge is 2.11. The van der Waals surface area contributed by atoms with E-state index >= 15 is 0 Å². The maximum Gasteiger partial charge on any atom is 0.134 e. The van der Waals surface area contributed by atoms with Crippen LogP contribution in [0.5, 0.6) is 0 Å². The van der Waals surface area contributed by atoms with Gasteiger partial charge in [-0.15, -0.1) is 0 Å². The van der Waals surface area contributed by atoms with E-state index in [1.165, 1.54) is 5.56 Å². The minimum atomic E-state index is 0.359.